The number of hydrogen-bond acceptors (Lipinski definition) is 7. The van der Waals surface area contributed by atoms with E-state index in [9.17, 15) is 18.5 Å². The van der Waals surface area contributed by atoms with Crippen LogP contribution in [0.15, 0.2) is 23.1 Å². The molecular weight excluding hydrogens is 262 g/mol. The molecule has 10 heteroatoms. The number of nitrogen functional groups attached to an aromatic ring is 1. The van der Waals surface area contributed by atoms with Gasteiger partial charge in [0, 0.05) is 20.2 Å². The fourth-order valence-corrected chi connectivity index (χ4v) is 2.54. The monoisotopic (exact) mass is 275 g/mol. The third-order valence-electron chi connectivity index (χ3n) is 1.92. The Bertz CT molecular complexity index is 557. The number of nitro groups is 1. The van der Waals surface area contributed by atoms with Gasteiger partial charge >= 0.3 is 0 Å². The minimum atomic E-state index is -4.03. The van der Waals surface area contributed by atoms with Gasteiger partial charge in [0.05, 0.1) is 10.6 Å². The Morgan fingerprint density at radius 3 is 2.44 bits per heavy atom. The van der Waals surface area contributed by atoms with Gasteiger partial charge in [0.2, 0.25) is 0 Å². The standard InChI is InChI=1S/C8H13N5O4S/c1-12(2)11-18(16,17)8-5-6(10-9)3-4-7(8)13(14)15/h3-5,10-11H,9H2,1-2H3. The first-order chi connectivity index (χ1) is 8.27. The molecule has 0 aliphatic heterocycles. The molecule has 0 aromatic heterocycles. The number of benzene rings is 1. The van der Waals surface area contributed by atoms with Crippen LogP contribution in [-0.2, 0) is 10.0 Å². The largest absolute Gasteiger partial charge is 0.324 e. The molecule has 100 valence electrons. The van der Waals surface area contributed by atoms with Crippen molar-refractivity contribution in [3.8, 4) is 0 Å². The van der Waals surface area contributed by atoms with Crippen LogP contribution >= 0.6 is 0 Å². The van der Waals surface area contributed by atoms with Gasteiger partial charge in [-0.1, -0.05) is 0 Å². The fraction of sp³-hybridized carbons (Fsp3) is 0.250. The summed E-state index contributed by atoms with van der Waals surface area (Å²) in [5.41, 5.74) is 1.96. The molecule has 0 spiro atoms. The molecule has 0 bridgehead atoms. The molecule has 0 amide bonds. The Hall–Kier alpha value is -1.75. The van der Waals surface area contributed by atoms with Crippen LogP contribution in [0, 0.1) is 10.1 Å². The Labute approximate surface area is 104 Å². The van der Waals surface area contributed by atoms with Crippen molar-refractivity contribution in [2.45, 2.75) is 4.90 Å². The zero-order valence-electron chi connectivity index (χ0n) is 9.75. The molecule has 1 rings (SSSR count). The average Bonchev–Trinajstić information content (AvgIpc) is 2.26. The van der Waals surface area contributed by atoms with Gasteiger partial charge in [0.15, 0.2) is 4.90 Å². The van der Waals surface area contributed by atoms with E-state index in [1.54, 1.807) is 0 Å². The molecule has 4 N–H and O–H groups in total. The van der Waals surface area contributed by atoms with E-state index >= 15 is 0 Å². The molecule has 0 heterocycles. The van der Waals surface area contributed by atoms with Gasteiger partial charge in [0.1, 0.15) is 0 Å². The number of nitrogens with zero attached hydrogens (tertiary/aromatic N) is 2. The molecule has 18 heavy (non-hydrogen) atoms. The summed E-state index contributed by atoms with van der Waals surface area (Å²) in [7, 11) is -1.12. The number of hydrogen-bond donors (Lipinski definition) is 3. The van der Waals surface area contributed by atoms with E-state index < -0.39 is 25.5 Å². The van der Waals surface area contributed by atoms with Crippen LogP contribution in [0.2, 0.25) is 0 Å². The van der Waals surface area contributed by atoms with E-state index in [1.807, 2.05) is 0 Å². The molecular formula is C8H13N5O4S. The number of nitrogens with one attached hydrogen (secondary N) is 2. The van der Waals surface area contributed by atoms with Gasteiger partial charge in [-0.15, -0.1) is 4.83 Å². The first-order valence-corrected chi connectivity index (χ1v) is 6.21. The van der Waals surface area contributed by atoms with Crippen molar-refractivity contribution in [3.63, 3.8) is 0 Å². The number of nitrogens with two attached hydrogens (primary N) is 1. The quantitative estimate of drug-likeness (QED) is 0.380. The van der Waals surface area contributed by atoms with E-state index in [4.69, 9.17) is 5.84 Å². The molecule has 0 aliphatic rings. The van der Waals surface area contributed by atoms with Gasteiger partial charge in [0.25, 0.3) is 15.7 Å². The van der Waals surface area contributed by atoms with Gasteiger partial charge in [-0.3, -0.25) is 16.0 Å². The number of anilines is 1. The molecule has 0 fully saturated rings. The maximum absolute atomic E-state index is 11.9. The van der Waals surface area contributed by atoms with Gasteiger partial charge < -0.3 is 5.43 Å². The Morgan fingerprint density at radius 1 is 1.39 bits per heavy atom. The lowest BCUT2D eigenvalue weighted by Gasteiger charge is -2.13. The molecule has 1 aromatic rings. The van der Waals surface area contributed by atoms with E-state index in [1.165, 1.54) is 25.2 Å². The summed E-state index contributed by atoms with van der Waals surface area (Å²) in [6.07, 6.45) is 0. The lowest BCUT2D eigenvalue weighted by atomic mass is 10.3. The van der Waals surface area contributed by atoms with Crippen molar-refractivity contribution in [1.29, 1.82) is 0 Å². The van der Waals surface area contributed by atoms with Crippen LogP contribution in [0.1, 0.15) is 0 Å². The van der Waals surface area contributed by atoms with Crippen LogP contribution in [0.3, 0.4) is 0 Å². The second kappa shape index (κ2) is 5.27. The summed E-state index contributed by atoms with van der Waals surface area (Å²) < 4.78 is 23.8. The molecule has 0 aliphatic carbocycles. The maximum atomic E-state index is 11.9. The highest BCUT2D eigenvalue weighted by Gasteiger charge is 2.26. The number of nitro benzene ring substituents is 1. The van der Waals surface area contributed by atoms with Crippen molar-refractivity contribution in [2.24, 2.45) is 5.84 Å². The van der Waals surface area contributed by atoms with E-state index in [0.29, 0.717) is 0 Å². The Morgan fingerprint density at radius 2 is 2.00 bits per heavy atom. The third kappa shape index (κ3) is 3.13. The molecule has 0 unspecified atom stereocenters. The van der Waals surface area contributed by atoms with Crippen molar-refractivity contribution in [3.05, 3.63) is 28.3 Å². The van der Waals surface area contributed by atoms with Crippen LogP contribution in [0.4, 0.5) is 11.4 Å². The topological polar surface area (TPSA) is 131 Å². The van der Waals surface area contributed by atoms with Crippen LogP contribution < -0.4 is 16.1 Å². The molecule has 0 atom stereocenters. The molecule has 0 saturated heterocycles. The summed E-state index contributed by atoms with van der Waals surface area (Å²) >= 11 is 0. The molecule has 0 radical (unpaired) electrons. The maximum Gasteiger partial charge on any atom is 0.289 e. The lowest BCUT2D eigenvalue weighted by molar-refractivity contribution is -0.387. The number of sulfonamides is 1. The lowest BCUT2D eigenvalue weighted by Crippen LogP contribution is -2.36. The Kier molecular flexibility index (Phi) is 4.19. The smallest absolute Gasteiger partial charge is 0.289 e. The SMILES string of the molecule is CN(C)NS(=O)(=O)c1cc(NN)ccc1[N+](=O)[O-]. The Balaban J connectivity index is 3.40. The van der Waals surface area contributed by atoms with Crippen molar-refractivity contribution < 1.29 is 13.3 Å². The van der Waals surface area contributed by atoms with Gasteiger partial charge in [-0.25, -0.2) is 13.4 Å². The normalized spacial score (nSPS) is 11.6. The highest BCUT2D eigenvalue weighted by Crippen LogP contribution is 2.26. The molecule has 1 aromatic carbocycles. The first kappa shape index (κ1) is 14.3. The summed E-state index contributed by atoms with van der Waals surface area (Å²) in [4.78, 5) is 11.7. The summed E-state index contributed by atoms with van der Waals surface area (Å²) in [6.45, 7) is 0. The minimum Gasteiger partial charge on any atom is -0.324 e. The first-order valence-electron chi connectivity index (χ1n) is 4.73. The van der Waals surface area contributed by atoms with E-state index in [-0.39, 0.29) is 5.69 Å². The summed E-state index contributed by atoms with van der Waals surface area (Å²) in [6, 6.07) is 3.47. The summed E-state index contributed by atoms with van der Waals surface area (Å²) in [5.74, 6) is 5.14. The molecule has 0 saturated carbocycles. The van der Waals surface area contributed by atoms with Crippen molar-refractivity contribution >= 4 is 21.4 Å². The van der Waals surface area contributed by atoms with E-state index in [0.717, 1.165) is 12.1 Å². The second-order valence-corrected chi connectivity index (χ2v) is 5.20. The average molecular weight is 275 g/mol. The minimum absolute atomic E-state index is 0.250. The van der Waals surface area contributed by atoms with E-state index in [2.05, 4.69) is 10.3 Å². The van der Waals surface area contributed by atoms with Crippen molar-refractivity contribution in [1.82, 2.24) is 9.84 Å². The van der Waals surface area contributed by atoms with Crippen molar-refractivity contribution in [2.75, 3.05) is 19.5 Å². The van der Waals surface area contributed by atoms with Crippen LogP contribution in [-0.4, -0.2) is 32.4 Å². The fourth-order valence-electron chi connectivity index (χ4n) is 1.26. The molecule has 9 nitrogen and oxygen atoms in total. The van der Waals surface area contributed by atoms with Crippen LogP contribution in [0.25, 0.3) is 0 Å². The summed E-state index contributed by atoms with van der Waals surface area (Å²) in [5, 5.41) is 12.0. The van der Waals surface area contributed by atoms with Crippen LogP contribution in [0.5, 0.6) is 0 Å². The second-order valence-electron chi connectivity index (χ2n) is 3.57. The predicted molar refractivity (Wildman–Crippen MR) is 64.9 cm³/mol. The van der Waals surface area contributed by atoms with Gasteiger partial charge in [-0.05, 0) is 12.1 Å². The zero-order valence-corrected chi connectivity index (χ0v) is 10.6. The highest BCUT2D eigenvalue weighted by molar-refractivity contribution is 7.89. The highest BCUT2D eigenvalue weighted by atomic mass is 32.2. The number of hydrazine groups is 2. The van der Waals surface area contributed by atoms with Gasteiger partial charge in [-0.2, -0.15) is 0 Å². The number of rotatable bonds is 5. The zero-order chi connectivity index (χ0) is 13.9. The third-order valence-corrected chi connectivity index (χ3v) is 3.43. The predicted octanol–water partition coefficient (Wildman–Crippen LogP) is -0.365.